The fourth-order valence-corrected chi connectivity index (χ4v) is 3.57. The zero-order valence-electron chi connectivity index (χ0n) is 16.7. The molecule has 0 aliphatic heterocycles. The number of aromatic nitrogens is 3. The minimum absolute atomic E-state index is 0.0104. The summed E-state index contributed by atoms with van der Waals surface area (Å²) in [6, 6.07) is 8.91. The smallest absolute Gasteiger partial charge is 0.298 e. The van der Waals surface area contributed by atoms with E-state index in [-0.39, 0.29) is 31.0 Å². The molecule has 1 aliphatic carbocycles. The molecule has 0 amide bonds. The number of hydrogen-bond acceptors (Lipinski definition) is 3. The van der Waals surface area contributed by atoms with Crippen LogP contribution < -0.4 is 5.69 Å². The number of aryl methyl sites for hydroxylation is 1. The van der Waals surface area contributed by atoms with Gasteiger partial charge in [0.05, 0.1) is 5.56 Å². The summed E-state index contributed by atoms with van der Waals surface area (Å²) in [6.45, 7) is -0.347. The van der Waals surface area contributed by atoms with E-state index in [2.05, 4.69) is 5.10 Å². The molecule has 0 bridgehead atoms. The number of carbonyl (C=O) groups excluding carboxylic acids is 1. The third-order valence-electron chi connectivity index (χ3n) is 5.26. The summed E-state index contributed by atoms with van der Waals surface area (Å²) in [5.41, 5.74) is -0.939. The summed E-state index contributed by atoms with van der Waals surface area (Å²) in [5.74, 6) is -0.830. The van der Waals surface area contributed by atoms with Gasteiger partial charge in [0.15, 0.2) is 11.6 Å². The Balaban J connectivity index is 1.51. The Hall–Kier alpha value is -2.94. The second-order valence-electron chi connectivity index (χ2n) is 7.71. The lowest BCUT2D eigenvalue weighted by molar-refractivity contribution is -0.137. The molecule has 0 unspecified atom stereocenters. The molecular weight excluding hydrogens is 450 g/mol. The first-order valence-electron chi connectivity index (χ1n) is 9.96. The number of alkyl halides is 3. The van der Waals surface area contributed by atoms with Gasteiger partial charge in [0, 0.05) is 23.0 Å². The maximum absolute atomic E-state index is 13.9. The van der Waals surface area contributed by atoms with Crippen molar-refractivity contribution in [2.75, 3.05) is 0 Å². The van der Waals surface area contributed by atoms with Gasteiger partial charge in [-0.2, -0.15) is 13.2 Å². The monoisotopic (exact) mass is 467 g/mol. The molecule has 1 fully saturated rings. The van der Waals surface area contributed by atoms with Crippen molar-refractivity contribution < 1.29 is 22.4 Å². The minimum atomic E-state index is -4.60. The van der Waals surface area contributed by atoms with E-state index in [0.29, 0.717) is 28.5 Å². The Morgan fingerprint density at radius 1 is 1.12 bits per heavy atom. The normalized spacial score (nSPS) is 14.0. The van der Waals surface area contributed by atoms with Crippen LogP contribution in [0.1, 0.15) is 36.4 Å². The standard InChI is InChI=1S/C22H18ClF4N3O2/c23-16-5-1-13(2-6-16)20-28-29(21(32)30(20)17-7-8-17)12-18(31)9-3-14-11-15(22(25,26)27)4-10-19(14)24/h1-2,4-6,10-11,17H,3,7-9,12H2. The van der Waals surface area contributed by atoms with Crippen LogP contribution in [0.5, 0.6) is 0 Å². The van der Waals surface area contributed by atoms with Crippen LogP contribution in [0.15, 0.2) is 47.3 Å². The molecule has 10 heteroatoms. The van der Waals surface area contributed by atoms with E-state index < -0.39 is 29.0 Å². The molecule has 1 aliphatic rings. The minimum Gasteiger partial charge on any atom is -0.298 e. The van der Waals surface area contributed by atoms with E-state index in [4.69, 9.17) is 11.6 Å². The molecule has 1 saturated carbocycles. The number of carbonyl (C=O) groups is 1. The molecule has 168 valence electrons. The van der Waals surface area contributed by atoms with Crippen molar-refractivity contribution in [1.29, 1.82) is 0 Å². The highest BCUT2D eigenvalue weighted by atomic mass is 35.5. The summed E-state index contributed by atoms with van der Waals surface area (Å²) < 4.78 is 55.1. The lowest BCUT2D eigenvalue weighted by atomic mass is 10.0. The second-order valence-corrected chi connectivity index (χ2v) is 8.15. The maximum atomic E-state index is 13.9. The van der Waals surface area contributed by atoms with Crippen LogP contribution in [0.25, 0.3) is 11.4 Å². The zero-order chi connectivity index (χ0) is 23.0. The van der Waals surface area contributed by atoms with E-state index in [1.165, 1.54) is 0 Å². The predicted molar refractivity (Wildman–Crippen MR) is 110 cm³/mol. The molecule has 0 atom stereocenters. The number of rotatable bonds is 7. The van der Waals surface area contributed by atoms with Gasteiger partial charge in [-0.3, -0.25) is 9.36 Å². The van der Waals surface area contributed by atoms with Gasteiger partial charge >= 0.3 is 11.9 Å². The zero-order valence-corrected chi connectivity index (χ0v) is 17.5. The molecule has 0 saturated heterocycles. The number of ketones is 1. The Morgan fingerprint density at radius 2 is 1.81 bits per heavy atom. The molecule has 5 nitrogen and oxygen atoms in total. The van der Waals surface area contributed by atoms with E-state index >= 15 is 0 Å². The highest BCUT2D eigenvalue weighted by molar-refractivity contribution is 6.30. The van der Waals surface area contributed by atoms with Crippen LogP contribution in [0.3, 0.4) is 0 Å². The van der Waals surface area contributed by atoms with Gasteiger partial charge in [-0.1, -0.05) is 11.6 Å². The third-order valence-corrected chi connectivity index (χ3v) is 5.51. The second kappa shape index (κ2) is 8.54. The molecule has 1 heterocycles. The number of benzene rings is 2. The molecule has 0 spiro atoms. The van der Waals surface area contributed by atoms with Crippen molar-refractivity contribution in [3.63, 3.8) is 0 Å². The summed E-state index contributed by atoms with van der Waals surface area (Å²) in [6.07, 6.45) is -3.38. The van der Waals surface area contributed by atoms with Crippen molar-refractivity contribution in [1.82, 2.24) is 14.3 Å². The van der Waals surface area contributed by atoms with Gasteiger partial charge in [0.1, 0.15) is 12.4 Å². The van der Waals surface area contributed by atoms with Crippen LogP contribution in [0, 0.1) is 5.82 Å². The Morgan fingerprint density at radius 3 is 2.44 bits per heavy atom. The summed E-state index contributed by atoms with van der Waals surface area (Å²) >= 11 is 5.92. The quantitative estimate of drug-likeness (QED) is 0.456. The van der Waals surface area contributed by atoms with E-state index in [0.717, 1.165) is 23.6 Å². The van der Waals surface area contributed by atoms with Gasteiger partial charge in [-0.15, -0.1) is 5.10 Å². The Kier molecular flexibility index (Phi) is 5.94. The highest BCUT2D eigenvalue weighted by Crippen LogP contribution is 2.36. The number of Topliss-reactive ketones (excluding diaryl/α,β-unsaturated/α-hetero) is 1. The highest BCUT2D eigenvalue weighted by Gasteiger charge is 2.32. The average Bonchev–Trinajstić information content (AvgIpc) is 3.52. The van der Waals surface area contributed by atoms with Crippen molar-refractivity contribution in [3.8, 4) is 11.4 Å². The van der Waals surface area contributed by atoms with Gasteiger partial charge in [0.2, 0.25) is 0 Å². The topological polar surface area (TPSA) is 56.9 Å². The van der Waals surface area contributed by atoms with Crippen molar-refractivity contribution in [2.45, 2.75) is 44.4 Å². The fourth-order valence-electron chi connectivity index (χ4n) is 3.44. The molecule has 4 rings (SSSR count). The van der Waals surface area contributed by atoms with Gasteiger partial charge in [-0.25, -0.2) is 13.9 Å². The lowest BCUT2D eigenvalue weighted by Gasteiger charge is -2.09. The van der Waals surface area contributed by atoms with Crippen molar-refractivity contribution in [2.24, 2.45) is 0 Å². The predicted octanol–water partition coefficient (Wildman–Crippen LogP) is 5.06. The molecule has 0 N–H and O–H groups in total. The molecule has 1 aromatic heterocycles. The fraction of sp³-hybridized carbons (Fsp3) is 0.318. The maximum Gasteiger partial charge on any atom is 0.416 e. The summed E-state index contributed by atoms with van der Waals surface area (Å²) in [7, 11) is 0. The lowest BCUT2D eigenvalue weighted by Crippen LogP contribution is -2.27. The SMILES string of the molecule is O=C(CCc1cc(C(F)(F)F)ccc1F)Cn1nc(-c2ccc(Cl)cc2)n(C2CC2)c1=O. The molecular formula is C22H18ClF4N3O2. The van der Waals surface area contributed by atoms with Gasteiger partial charge in [-0.05, 0) is 67.3 Å². The van der Waals surface area contributed by atoms with E-state index in [1.54, 1.807) is 28.8 Å². The van der Waals surface area contributed by atoms with Gasteiger partial charge < -0.3 is 0 Å². The molecule has 32 heavy (non-hydrogen) atoms. The number of halogens is 5. The van der Waals surface area contributed by atoms with Crippen LogP contribution >= 0.6 is 11.6 Å². The average molecular weight is 468 g/mol. The number of nitrogens with zero attached hydrogens (tertiary/aromatic N) is 3. The molecule has 3 aromatic rings. The van der Waals surface area contributed by atoms with Crippen molar-refractivity contribution in [3.05, 3.63) is 74.9 Å². The molecule has 0 radical (unpaired) electrons. The van der Waals surface area contributed by atoms with Crippen molar-refractivity contribution >= 4 is 17.4 Å². The van der Waals surface area contributed by atoms with Crippen LogP contribution in [0.2, 0.25) is 5.02 Å². The Bertz CT molecular complexity index is 1210. The largest absolute Gasteiger partial charge is 0.416 e. The van der Waals surface area contributed by atoms with E-state index in [9.17, 15) is 27.2 Å². The third kappa shape index (κ3) is 4.77. The summed E-state index contributed by atoms with van der Waals surface area (Å²) in [5, 5.41) is 4.84. The first kappa shape index (κ1) is 22.3. The van der Waals surface area contributed by atoms with Crippen LogP contribution in [-0.4, -0.2) is 20.1 Å². The first-order chi connectivity index (χ1) is 15.1. The summed E-state index contributed by atoms with van der Waals surface area (Å²) in [4.78, 5) is 25.3. The van der Waals surface area contributed by atoms with Crippen LogP contribution in [-0.2, 0) is 23.9 Å². The molecule has 2 aromatic carbocycles. The Labute approximate surface area is 185 Å². The van der Waals surface area contributed by atoms with Gasteiger partial charge in [0.25, 0.3) is 0 Å². The number of hydrogen-bond donors (Lipinski definition) is 0. The first-order valence-corrected chi connectivity index (χ1v) is 10.3. The van der Waals surface area contributed by atoms with E-state index in [1.807, 2.05) is 0 Å². The van der Waals surface area contributed by atoms with Crippen LogP contribution in [0.4, 0.5) is 17.6 Å².